The Morgan fingerprint density at radius 1 is 1.12 bits per heavy atom. The van der Waals surface area contributed by atoms with Crippen molar-refractivity contribution in [1.29, 1.82) is 0 Å². The highest BCUT2D eigenvalue weighted by atomic mass is 32.2. The number of fused-ring (bicyclic) bond motifs is 1. The van der Waals surface area contributed by atoms with Crippen molar-refractivity contribution in [1.82, 2.24) is 30.2 Å². The number of aliphatic hydroxyl groups is 2. The summed E-state index contributed by atoms with van der Waals surface area (Å²) in [6.45, 7) is 4.43. The molecular formula is C28H40N7O18P3S-4. The Balaban J connectivity index is 1.51. The third-order valence-electron chi connectivity index (χ3n) is 7.94. The summed E-state index contributed by atoms with van der Waals surface area (Å²) in [4.78, 5) is 108. The molecule has 1 saturated heterocycles. The van der Waals surface area contributed by atoms with Crippen LogP contribution in [0.5, 0.6) is 0 Å². The number of rotatable bonds is 23. The number of nitrogens with zero attached hydrogens (tertiary/aromatic N) is 4. The van der Waals surface area contributed by atoms with Gasteiger partial charge in [0.1, 0.15) is 42.0 Å². The number of carbonyl (C=O) groups excluding carboxylic acids is 4. The lowest BCUT2D eigenvalue weighted by molar-refractivity contribution is -0.347. The van der Waals surface area contributed by atoms with E-state index >= 15 is 0 Å². The molecule has 3 rings (SSSR count). The second-order valence-corrected chi connectivity index (χ2v) is 18.2. The van der Waals surface area contributed by atoms with E-state index in [2.05, 4.69) is 50.0 Å². The van der Waals surface area contributed by atoms with Crippen LogP contribution < -0.4 is 35.9 Å². The van der Waals surface area contributed by atoms with Gasteiger partial charge >= 0.3 is 0 Å². The summed E-state index contributed by atoms with van der Waals surface area (Å²) in [6.07, 6.45) is -5.02. The molecule has 6 N–H and O–H groups in total. The van der Waals surface area contributed by atoms with E-state index < -0.39 is 84.1 Å². The summed E-state index contributed by atoms with van der Waals surface area (Å²) in [7, 11) is -17.7. The number of phosphoric acid groups is 3. The van der Waals surface area contributed by atoms with Gasteiger partial charge in [-0.1, -0.05) is 31.7 Å². The predicted molar refractivity (Wildman–Crippen MR) is 187 cm³/mol. The number of amides is 2. The van der Waals surface area contributed by atoms with Gasteiger partial charge in [-0.2, -0.15) is 0 Å². The molecule has 25 nitrogen and oxygen atoms in total. The lowest BCUT2D eigenvalue weighted by Crippen LogP contribution is -2.46. The zero-order valence-corrected chi connectivity index (χ0v) is 33.9. The van der Waals surface area contributed by atoms with Crippen LogP contribution in [0.25, 0.3) is 11.2 Å². The number of ketones is 1. The Kier molecular flexibility index (Phi) is 16.8. The minimum atomic E-state index is -5.95. The zero-order valence-electron chi connectivity index (χ0n) is 30.4. The number of allylic oxidation sites excluding steroid dienone is 1. The molecule has 0 saturated carbocycles. The molecule has 2 amide bonds. The van der Waals surface area contributed by atoms with Crippen LogP contribution in [0.3, 0.4) is 0 Å². The van der Waals surface area contributed by atoms with Crippen LogP contribution in [-0.2, 0) is 61.2 Å². The van der Waals surface area contributed by atoms with Gasteiger partial charge in [-0.05, 0) is 6.92 Å². The first-order chi connectivity index (χ1) is 26.3. The molecule has 1 fully saturated rings. The molecule has 7 atom stereocenters. The Morgan fingerprint density at radius 2 is 1.79 bits per heavy atom. The molecule has 0 aliphatic carbocycles. The van der Waals surface area contributed by atoms with Crippen LogP contribution in [0.2, 0.25) is 0 Å². The van der Waals surface area contributed by atoms with Crippen molar-refractivity contribution < 1.29 is 85.3 Å². The molecule has 0 spiro atoms. The molecule has 29 heteroatoms. The lowest BCUT2D eigenvalue weighted by Gasteiger charge is -2.36. The number of Topliss-reactive ketones (excluding diaryl/α,β-unsaturated/α-hetero) is 1. The Labute approximate surface area is 328 Å². The van der Waals surface area contributed by atoms with Crippen LogP contribution in [0, 0.1) is 5.41 Å². The Bertz CT molecular complexity index is 1950. The number of imidazole rings is 1. The van der Waals surface area contributed by atoms with Gasteiger partial charge in [0.15, 0.2) is 22.3 Å². The van der Waals surface area contributed by atoms with Crippen LogP contribution in [0.15, 0.2) is 25.3 Å². The molecule has 1 aliphatic rings. The van der Waals surface area contributed by atoms with E-state index in [0.717, 1.165) is 29.0 Å². The topological polar surface area (TPSA) is 392 Å². The van der Waals surface area contributed by atoms with E-state index in [1.165, 1.54) is 26.8 Å². The molecular weight excluding hydrogens is 847 g/mol. The highest BCUT2D eigenvalue weighted by Gasteiger charge is 2.55. The van der Waals surface area contributed by atoms with Crippen LogP contribution in [0.1, 0.15) is 40.0 Å². The highest BCUT2D eigenvalue weighted by molar-refractivity contribution is 8.13. The average molecular weight is 888 g/mol. The van der Waals surface area contributed by atoms with E-state index in [1.54, 1.807) is 0 Å². The number of nitrogen functional groups attached to an aromatic ring is 1. The highest BCUT2D eigenvalue weighted by Crippen LogP contribution is 2.56. The molecule has 3 heterocycles. The Morgan fingerprint density at radius 3 is 2.44 bits per heavy atom. The van der Waals surface area contributed by atoms with Gasteiger partial charge in [-0.3, -0.25) is 32.9 Å². The van der Waals surface area contributed by atoms with Crippen molar-refractivity contribution in [2.45, 2.75) is 70.2 Å². The minimum absolute atomic E-state index is 0.0276. The summed E-state index contributed by atoms with van der Waals surface area (Å²) in [5.41, 5.74) is 1.97. The summed E-state index contributed by atoms with van der Waals surface area (Å²) >= 11 is 0.857. The van der Waals surface area contributed by atoms with Crippen molar-refractivity contribution in [3.63, 3.8) is 0 Å². The van der Waals surface area contributed by atoms with Crippen LogP contribution >= 0.6 is 35.2 Å². The number of ether oxygens (including phenoxy) is 1. The van der Waals surface area contributed by atoms with Crippen LogP contribution in [-0.4, -0.2) is 109 Å². The monoisotopic (exact) mass is 887 g/mol. The van der Waals surface area contributed by atoms with Crippen molar-refractivity contribution in [2.24, 2.45) is 5.41 Å². The molecule has 320 valence electrons. The quantitative estimate of drug-likeness (QED) is 0.0318. The fourth-order valence-corrected chi connectivity index (χ4v) is 8.45. The van der Waals surface area contributed by atoms with E-state index in [9.17, 15) is 62.7 Å². The van der Waals surface area contributed by atoms with E-state index in [1.807, 2.05) is 0 Å². The standard InChI is InChI=1S/C28H44N7O18P3S/c1-5-6-16(36)11-19(38)57-10-9-30-18(37)7-8-31-26(41)23(40)27(2,3)13-50-56(47,48)53-55(45,46)49-12-17-21(52-54(42,43)44)22(39)28(4,51-17)35-15-34-20-24(29)32-14-33-25(20)35/h5,14-15,17,21-23,39-40H,1,6-13H2,2-4H3,(H,30,37)(H,31,41)(H,45,46)(H,47,48)(H2,29,32,33)(H2,42,43,44)/p-4. The maximum Gasteiger partial charge on any atom is 0.274 e. The minimum Gasteiger partial charge on any atom is -0.790 e. The van der Waals surface area contributed by atoms with Crippen molar-refractivity contribution in [3.8, 4) is 0 Å². The summed E-state index contributed by atoms with van der Waals surface area (Å²) in [6, 6.07) is 0. The zero-order chi connectivity index (χ0) is 43.0. The number of hydrogen-bond acceptors (Lipinski definition) is 23. The van der Waals surface area contributed by atoms with Crippen molar-refractivity contribution in [2.75, 3.05) is 37.8 Å². The molecule has 1 aliphatic heterocycles. The lowest BCUT2D eigenvalue weighted by atomic mass is 9.87. The van der Waals surface area contributed by atoms with Crippen molar-refractivity contribution in [3.05, 3.63) is 25.3 Å². The number of aliphatic hydroxyl groups excluding tert-OH is 2. The first-order valence-electron chi connectivity index (χ1n) is 16.4. The van der Waals surface area contributed by atoms with Gasteiger partial charge in [-0.25, -0.2) is 19.3 Å². The SMILES string of the molecule is C=CCC(=O)CC(=O)SCCNC(=O)CCNC(=O)C(O)C(C)(C)COP(=O)([O-])OP(=O)([O-])OCC1OC(C)(n2cnc3c(N)ncnc32)C(O)C1OP(=O)([O-])[O-]. The Hall–Kier alpha value is -3.03. The predicted octanol–water partition coefficient (Wildman–Crippen LogP) is -3.15. The maximum atomic E-state index is 12.6. The first kappa shape index (κ1) is 48.3. The number of thioether (sulfide) groups is 1. The number of nitrogens with two attached hydrogens (primary N) is 1. The fourth-order valence-electron chi connectivity index (χ4n) is 5.03. The van der Waals surface area contributed by atoms with Gasteiger partial charge in [0, 0.05) is 37.1 Å². The van der Waals surface area contributed by atoms with Gasteiger partial charge in [0.25, 0.3) is 15.6 Å². The second kappa shape index (κ2) is 19.8. The number of phosphoric ester groups is 3. The molecule has 0 aromatic carbocycles. The third kappa shape index (κ3) is 14.0. The van der Waals surface area contributed by atoms with Gasteiger partial charge in [0.2, 0.25) is 11.8 Å². The van der Waals surface area contributed by atoms with E-state index in [-0.39, 0.29) is 66.0 Å². The second-order valence-electron chi connectivity index (χ2n) is 13.0. The third-order valence-corrected chi connectivity index (χ3v) is 11.8. The maximum absolute atomic E-state index is 12.6. The van der Waals surface area contributed by atoms with Gasteiger partial charge < -0.3 is 69.0 Å². The molecule has 2 aromatic heterocycles. The smallest absolute Gasteiger partial charge is 0.274 e. The summed E-state index contributed by atoms with van der Waals surface area (Å²) in [5.74, 6) is -1.76. The van der Waals surface area contributed by atoms with E-state index in [4.69, 9.17) is 10.5 Å². The normalized spacial score (nSPS) is 22.6. The summed E-state index contributed by atoms with van der Waals surface area (Å²) in [5, 5.41) is 26.0. The van der Waals surface area contributed by atoms with E-state index in [0.29, 0.717) is 0 Å². The van der Waals surface area contributed by atoms with Gasteiger partial charge in [-0.15, -0.1) is 6.58 Å². The molecule has 0 radical (unpaired) electrons. The first-order valence-corrected chi connectivity index (χ1v) is 21.8. The number of hydrogen-bond donors (Lipinski definition) is 5. The number of anilines is 1. The fraction of sp³-hybridized carbons (Fsp3) is 0.607. The number of carbonyl (C=O) groups is 4. The average Bonchev–Trinajstić information content (AvgIpc) is 3.64. The molecule has 2 aromatic rings. The summed E-state index contributed by atoms with van der Waals surface area (Å²) < 4.78 is 61.0. The van der Waals surface area contributed by atoms with Crippen molar-refractivity contribution >= 4 is 74.9 Å². The van der Waals surface area contributed by atoms with Crippen LogP contribution in [0.4, 0.5) is 5.82 Å². The largest absolute Gasteiger partial charge is 0.790 e. The molecule has 7 unspecified atom stereocenters. The number of aromatic nitrogens is 4. The molecule has 0 bridgehead atoms. The molecule has 57 heavy (non-hydrogen) atoms. The van der Waals surface area contributed by atoms with Gasteiger partial charge in [0.05, 0.1) is 33.8 Å². The number of nitrogens with one attached hydrogen (secondary N) is 2.